The second kappa shape index (κ2) is 11.6. The maximum atomic E-state index is 2.50. The van der Waals surface area contributed by atoms with Gasteiger partial charge in [0.05, 0.1) is 22.1 Å². The van der Waals surface area contributed by atoms with Gasteiger partial charge in [-0.2, -0.15) is 0 Å². The minimum Gasteiger partial charge on any atom is -0.309 e. The minimum absolute atomic E-state index is 0.127. The summed E-state index contributed by atoms with van der Waals surface area (Å²) in [5.41, 5.74) is 15.1. The lowest BCUT2D eigenvalue weighted by molar-refractivity contribution is 0.660. The Morgan fingerprint density at radius 3 is 1.71 bits per heavy atom. The molecule has 12 aromatic rings. The van der Waals surface area contributed by atoms with Gasteiger partial charge in [-0.15, -0.1) is 11.3 Å². The van der Waals surface area contributed by atoms with Crippen molar-refractivity contribution < 1.29 is 0 Å². The fourth-order valence-electron chi connectivity index (χ4n) is 10.3. The fourth-order valence-corrected chi connectivity index (χ4v) is 11.5. The SMILES string of the molecule is CC1(C)c2cc(-n3c4ccccc4c4cc5c6ccccc6n(-c6ccc(-c7cccc8c7sc7ccccc78)cc6)c5cc43)ccc2-c2cc3ccccc3cc21. The molecule has 0 aliphatic heterocycles. The van der Waals surface area contributed by atoms with E-state index >= 15 is 0 Å². The van der Waals surface area contributed by atoms with E-state index in [1.54, 1.807) is 0 Å². The van der Waals surface area contributed by atoms with Crippen molar-refractivity contribution in [2.75, 3.05) is 0 Å². The van der Waals surface area contributed by atoms with Crippen LogP contribution in [0.25, 0.3) is 108 Å². The van der Waals surface area contributed by atoms with Crippen LogP contribution in [0.2, 0.25) is 0 Å². The lowest BCUT2D eigenvalue weighted by Gasteiger charge is -2.22. The second-order valence-electron chi connectivity index (χ2n) is 16.5. The maximum Gasteiger partial charge on any atom is 0.0562 e. The fraction of sp³-hybridized carbons (Fsp3) is 0.0545. The Hall–Kier alpha value is -6.94. The zero-order valence-electron chi connectivity index (χ0n) is 32.1. The summed E-state index contributed by atoms with van der Waals surface area (Å²) in [7, 11) is 0. The predicted molar refractivity (Wildman–Crippen MR) is 249 cm³/mol. The van der Waals surface area contributed by atoms with Gasteiger partial charge in [-0.3, -0.25) is 0 Å². The van der Waals surface area contributed by atoms with Gasteiger partial charge < -0.3 is 9.13 Å². The monoisotopic (exact) mass is 756 g/mol. The topological polar surface area (TPSA) is 9.86 Å². The highest BCUT2D eigenvalue weighted by atomic mass is 32.1. The van der Waals surface area contributed by atoms with Gasteiger partial charge >= 0.3 is 0 Å². The van der Waals surface area contributed by atoms with Crippen LogP contribution in [0.5, 0.6) is 0 Å². The Morgan fingerprint density at radius 2 is 0.966 bits per heavy atom. The molecule has 1 aliphatic rings. The van der Waals surface area contributed by atoms with Gasteiger partial charge in [0, 0.05) is 58.5 Å². The van der Waals surface area contributed by atoms with E-state index in [9.17, 15) is 0 Å². The molecule has 9 aromatic carbocycles. The zero-order chi connectivity index (χ0) is 38.3. The van der Waals surface area contributed by atoms with E-state index in [0.717, 1.165) is 5.69 Å². The molecular weight excluding hydrogens is 721 g/mol. The number of aromatic nitrogens is 2. The van der Waals surface area contributed by atoms with E-state index in [4.69, 9.17) is 0 Å². The summed E-state index contributed by atoms with van der Waals surface area (Å²) in [6, 6.07) is 68.1. The van der Waals surface area contributed by atoms with Crippen molar-refractivity contribution in [3.8, 4) is 33.6 Å². The van der Waals surface area contributed by atoms with Crippen molar-refractivity contribution >= 4 is 85.9 Å². The number of rotatable bonds is 3. The van der Waals surface area contributed by atoms with Crippen LogP contribution in [0.1, 0.15) is 25.0 Å². The largest absolute Gasteiger partial charge is 0.309 e. The highest BCUT2D eigenvalue weighted by Crippen LogP contribution is 2.51. The van der Waals surface area contributed by atoms with Crippen molar-refractivity contribution in [3.63, 3.8) is 0 Å². The summed E-state index contributed by atoms with van der Waals surface area (Å²) in [4.78, 5) is 0. The minimum atomic E-state index is -0.127. The van der Waals surface area contributed by atoms with Crippen molar-refractivity contribution in [1.82, 2.24) is 9.13 Å². The number of hydrogen-bond donors (Lipinski definition) is 0. The Labute approximate surface area is 339 Å². The number of benzene rings is 9. The lowest BCUT2D eigenvalue weighted by atomic mass is 9.81. The number of hydrogen-bond acceptors (Lipinski definition) is 1. The second-order valence-corrected chi connectivity index (χ2v) is 17.6. The third-order valence-corrected chi connectivity index (χ3v) is 14.3. The normalized spacial score (nSPS) is 13.5. The molecule has 1 aliphatic carbocycles. The number of thiophene rings is 1. The number of fused-ring (bicyclic) bond motifs is 13. The summed E-state index contributed by atoms with van der Waals surface area (Å²) in [6.45, 7) is 4.77. The number of para-hydroxylation sites is 2. The van der Waals surface area contributed by atoms with Gasteiger partial charge in [0.15, 0.2) is 0 Å². The van der Waals surface area contributed by atoms with Crippen LogP contribution >= 0.6 is 11.3 Å². The van der Waals surface area contributed by atoms with Crippen LogP contribution in [0.15, 0.2) is 182 Å². The van der Waals surface area contributed by atoms with Gasteiger partial charge in [0.25, 0.3) is 0 Å². The van der Waals surface area contributed by atoms with E-state index < -0.39 is 0 Å². The Kier molecular flexibility index (Phi) is 6.42. The first-order valence-corrected chi connectivity index (χ1v) is 21.0. The molecule has 0 saturated carbocycles. The first-order valence-electron chi connectivity index (χ1n) is 20.2. The quantitative estimate of drug-likeness (QED) is 0.170. The lowest BCUT2D eigenvalue weighted by Crippen LogP contribution is -2.15. The van der Waals surface area contributed by atoms with E-state index in [1.165, 1.54) is 114 Å². The Morgan fingerprint density at radius 1 is 0.379 bits per heavy atom. The molecule has 3 heterocycles. The van der Waals surface area contributed by atoms with Crippen molar-refractivity contribution in [3.05, 3.63) is 193 Å². The third kappa shape index (κ3) is 4.31. The summed E-state index contributed by atoms with van der Waals surface area (Å²) in [6.07, 6.45) is 0. The van der Waals surface area contributed by atoms with Crippen LogP contribution in [-0.4, -0.2) is 9.13 Å². The molecule has 0 atom stereocenters. The molecule has 0 radical (unpaired) electrons. The molecule has 0 bridgehead atoms. The third-order valence-electron chi connectivity index (χ3n) is 13.1. The van der Waals surface area contributed by atoms with Gasteiger partial charge in [-0.1, -0.05) is 129 Å². The maximum absolute atomic E-state index is 2.50. The molecule has 13 rings (SSSR count). The molecular formula is C55H36N2S. The van der Waals surface area contributed by atoms with E-state index in [2.05, 4.69) is 205 Å². The van der Waals surface area contributed by atoms with Gasteiger partial charge in [0.2, 0.25) is 0 Å². The van der Waals surface area contributed by atoms with Crippen molar-refractivity contribution in [2.45, 2.75) is 19.3 Å². The summed E-state index contributed by atoms with van der Waals surface area (Å²) >= 11 is 1.89. The molecule has 3 aromatic heterocycles. The molecule has 0 saturated heterocycles. The highest BCUT2D eigenvalue weighted by Gasteiger charge is 2.36. The molecule has 0 unspecified atom stereocenters. The van der Waals surface area contributed by atoms with E-state index in [-0.39, 0.29) is 5.41 Å². The average Bonchev–Trinajstić information content (AvgIpc) is 3.97. The Bertz CT molecular complexity index is 3700. The summed E-state index contributed by atoms with van der Waals surface area (Å²) in [5, 5.41) is 10.3. The molecule has 3 heteroatoms. The predicted octanol–water partition coefficient (Wildman–Crippen LogP) is 15.4. The van der Waals surface area contributed by atoms with Crippen molar-refractivity contribution in [1.29, 1.82) is 0 Å². The molecule has 0 amide bonds. The molecule has 2 nitrogen and oxygen atoms in total. The van der Waals surface area contributed by atoms with Gasteiger partial charge in [0.1, 0.15) is 0 Å². The smallest absolute Gasteiger partial charge is 0.0562 e. The van der Waals surface area contributed by atoms with Crippen LogP contribution in [0, 0.1) is 0 Å². The van der Waals surface area contributed by atoms with Crippen molar-refractivity contribution in [2.24, 2.45) is 0 Å². The molecule has 272 valence electrons. The Balaban J connectivity index is 1.01. The molecule has 58 heavy (non-hydrogen) atoms. The molecule has 0 N–H and O–H groups in total. The average molecular weight is 757 g/mol. The van der Waals surface area contributed by atoms with E-state index in [0.29, 0.717) is 0 Å². The molecule has 0 fully saturated rings. The zero-order valence-corrected chi connectivity index (χ0v) is 32.9. The standard InChI is InChI=1S/C55H36N2S/c1-55(2)47-29-35-13-4-3-12-34(35)28-44(47)39-27-26-37(30-48(39)55)57-50-20-9-6-15-41(50)46-31-45-40-14-5-8-19-49(40)56(51(45)32-52(46)57)36-24-22-33(23-25-36)38-17-11-18-43-42-16-7-10-21-53(42)58-54(38)43/h3-32H,1-2H3. The van der Waals surface area contributed by atoms with Crippen LogP contribution in [-0.2, 0) is 5.41 Å². The first-order chi connectivity index (χ1) is 28.5. The number of nitrogens with zero attached hydrogens (tertiary/aromatic N) is 2. The highest BCUT2D eigenvalue weighted by molar-refractivity contribution is 7.26. The van der Waals surface area contributed by atoms with Gasteiger partial charge in [-0.05, 0) is 111 Å². The van der Waals surface area contributed by atoms with Crippen LogP contribution in [0.3, 0.4) is 0 Å². The summed E-state index contributed by atoms with van der Waals surface area (Å²) in [5.74, 6) is 0. The van der Waals surface area contributed by atoms with E-state index in [1.807, 2.05) is 11.3 Å². The van der Waals surface area contributed by atoms with Crippen LogP contribution < -0.4 is 0 Å². The first kappa shape index (κ1) is 32.2. The van der Waals surface area contributed by atoms with Crippen LogP contribution in [0.4, 0.5) is 0 Å². The van der Waals surface area contributed by atoms with Gasteiger partial charge in [-0.25, -0.2) is 0 Å². The molecule has 0 spiro atoms. The summed E-state index contributed by atoms with van der Waals surface area (Å²) < 4.78 is 7.63.